The van der Waals surface area contributed by atoms with E-state index in [9.17, 15) is 4.79 Å². The lowest BCUT2D eigenvalue weighted by molar-refractivity contribution is 0.00339. The van der Waals surface area contributed by atoms with Gasteiger partial charge in [-0.2, -0.15) is 0 Å². The summed E-state index contributed by atoms with van der Waals surface area (Å²) < 4.78 is 5.92. The lowest BCUT2D eigenvalue weighted by Gasteiger charge is -2.32. The summed E-state index contributed by atoms with van der Waals surface area (Å²) in [6, 6.07) is -0.113. The minimum Gasteiger partial charge on any atom is -0.395 e. The summed E-state index contributed by atoms with van der Waals surface area (Å²) >= 11 is 0. The van der Waals surface area contributed by atoms with Crippen LogP contribution in [-0.2, 0) is 4.74 Å². The topological polar surface area (TPSA) is 70.6 Å². The molecular weight excluding hydrogens is 244 g/mol. The molecule has 112 valence electrons. The van der Waals surface area contributed by atoms with Gasteiger partial charge in [0.1, 0.15) is 0 Å². The third-order valence-electron chi connectivity index (χ3n) is 3.44. The van der Waals surface area contributed by atoms with Crippen LogP contribution >= 0.6 is 0 Å². The number of urea groups is 1. The zero-order valence-electron chi connectivity index (χ0n) is 12.2. The molecule has 5 nitrogen and oxygen atoms in total. The van der Waals surface area contributed by atoms with Crippen molar-refractivity contribution in [2.75, 3.05) is 19.8 Å². The van der Waals surface area contributed by atoms with Crippen molar-refractivity contribution in [1.82, 2.24) is 10.6 Å². The second kappa shape index (κ2) is 9.15. The standard InChI is InChI=1S/C14H28N2O3/c1-11(2)7-10-19-13-6-4-3-5-12(13)16-14(18)15-8-9-17/h11-13,17H,3-10H2,1-2H3,(H2,15,16,18). The van der Waals surface area contributed by atoms with Crippen molar-refractivity contribution in [3.63, 3.8) is 0 Å². The van der Waals surface area contributed by atoms with E-state index in [1.807, 2.05) is 0 Å². The zero-order chi connectivity index (χ0) is 14.1. The fourth-order valence-electron chi connectivity index (χ4n) is 2.31. The quantitative estimate of drug-likeness (QED) is 0.660. The van der Waals surface area contributed by atoms with Crippen molar-refractivity contribution < 1.29 is 14.6 Å². The largest absolute Gasteiger partial charge is 0.395 e. The van der Waals surface area contributed by atoms with Crippen LogP contribution in [0.15, 0.2) is 0 Å². The van der Waals surface area contributed by atoms with Crippen molar-refractivity contribution >= 4 is 6.03 Å². The molecule has 0 bridgehead atoms. The molecule has 0 aromatic carbocycles. The van der Waals surface area contributed by atoms with E-state index in [1.54, 1.807) is 0 Å². The van der Waals surface area contributed by atoms with Gasteiger partial charge in [-0.25, -0.2) is 4.79 Å². The first-order chi connectivity index (χ1) is 9.13. The molecule has 0 heterocycles. The van der Waals surface area contributed by atoms with Crippen LogP contribution in [-0.4, -0.2) is 43.0 Å². The van der Waals surface area contributed by atoms with E-state index in [4.69, 9.17) is 9.84 Å². The van der Waals surface area contributed by atoms with Gasteiger partial charge in [0.15, 0.2) is 0 Å². The smallest absolute Gasteiger partial charge is 0.315 e. The summed E-state index contributed by atoms with van der Waals surface area (Å²) in [5.74, 6) is 0.642. The van der Waals surface area contributed by atoms with Gasteiger partial charge < -0.3 is 20.5 Å². The molecule has 0 saturated heterocycles. The van der Waals surface area contributed by atoms with E-state index in [0.717, 1.165) is 32.3 Å². The number of carbonyl (C=O) groups is 1. The third-order valence-corrected chi connectivity index (χ3v) is 3.44. The van der Waals surface area contributed by atoms with Crippen molar-refractivity contribution in [2.45, 2.75) is 58.1 Å². The van der Waals surface area contributed by atoms with Gasteiger partial charge in [0.2, 0.25) is 0 Å². The highest BCUT2D eigenvalue weighted by Gasteiger charge is 2.27. The summed E-state index contributed by atoms with van der Waals surface area (Å²) in [7, 11) is 0. The predicted octanol–water partition coefficient (Wildman–Crippen LogP) is 1.65. The van der Waals surface area contributed by atoms with Gasteiger partial charge in [0.25, 0.3) is 0 Å². The SMILES string of the molecule is CC(C)CCOC1CCCCC1NC(=O)NCCO. The number of carbonyl (C=O) groups excluding carboxylic acids is 1. The second-order valence-corrected chi connectivity index (χ2v) is 5.61. The fraction of sp³-hybridized carbons (Fsp3) is 0.929. The van der Waals surface area contributed by atoms with Crippen molar-refractivity contribution in [1.29, 1.82) is 0 Å². The molecule has 0 aromatic rings. The van der Waals surface area contributed by atoms with Gasteiger partial charge in [0, 0.05) is 13.2 Å². The van der Waals surface area contributed by atoms with Crippen LogP contribution in [0.3, 0.4) is 0 Å². The molecule has 5 heteroatoms. The number of aliphatic hydroxyl groups is 1. The summed E-state index contributed by atoms with van der Waals surface area (Å²) in [5, 5.41) is 14.2. The summed E-state index contributed by atoms with van der Waals surface area (Å²) in [5.41, 5.74) is 0. The Kier molecular flexibility index (Phi) is 7.82. The Labute approximate surface area is 116 Å². The molecule has 1 saturated carbocycles. The minimum absolute atomic E-state index is 0.0353. The van der Waals surface area contributed by atoms with E-state index >= 15 is 0 Å². The fourth-order valence-corrected chi connectivity index (χ4v) is 2.31. The highest BCUT2D eigenvalue weighted by molar-refractivity contribution is 5.74. The Morgan fingerprint density at radius 3 is 2.79 bits per heavy atom. The molecule has 19 heavy (non-hydrogen) atoms. The molecule has 1 aliphatic rings. The molecule has 0 aliphatic heterocycles. The maximum absolute atomic E-state index is 11.6. The van der Waals surface area contributed by atoms with E-state index < -0.39 is 0 Å². The van der Waals surface area contributed by atoms with Gasteiger partial charge in [-0.05, 0) is 25.2 Å². The van der Waals surface area contributed by atoms with Gasteiger partial charge in [0.05, 0.1) is 18.8 Å². The number of aliphatic hydroxyl groups excluding tert-OH is 1. The van der Waals surface area contributed by atoms with Gasteiger partial charge >= 0.3 is 6.03 Å². The highest BCUT2D eigenvalue weighted by atomic mass is 16.5. The first-order valence-corrected chi connectivity index (χ1v) is 7.40. The van der Waals surface area contributed by atoms with Crippen LogP contribution in [0.4, 0.5) is 4.79 Å². The molecule has 2 unspecified atom stereocenters. The molecule has 2 amide bonds. The first kappa shape index (κ1) is 16.2. The third kappa shape index (κ3) is 6.78. The van der Waals surface area contributed by atoms with Crippen LogP contribution < -0.4 is 10.6 Å². The number of hydrogen-bond donors (Lipinski definition) is 3. The van der Waals surface area contributed by atoms with Gasteiger partial charge in [-0.15, -0.1) is 0 Å². The van der Waals surface area contributed by atoms with E-state index in [0.29, 0.717) is 5.92 Å². The van der Waals surface area contributed by atoms with Crippen LogP contribution in [0.2, 0.25) is 0 Å². The lowest BCUT2D eigenvalue weighted by Crippen LogP contribution is -2.50. The Hall–Kier alpha value is -0.810. The summed E-state index contributed by atoms with van der Waals surface area (Å²) in [6.07, 6.45) is 5.48. The van der Waals surface area contributed by atoms with Crippen LogP contribution in [0, 0.1) is 5.92 Å². The Morgan fingerprint density at radius 1 is 1.37 bits per heavy atom. The average molecular weight is 272 g/mol. The second-order valence-electron chi connectivity index (χ2n) is 5.61. The van der Waals surface area contributed by atoms with E-state index in [2.05, 4.69) is 24.5 Å². The van der Waals surface area contributed by atoms with E-state index in [-0.39, 0.29) is 31.3 Å². The minimum atomic E-state index is -0.210. The molecule has 3 N–H and O–H groups in total. The van der Waals surface area contributed by atoms with Gasteiger partial charge in [-0.1, -0.05) is 26.7 Å². The molecule has 0 aromatic heterocycles. The number of nitrogens with one attached hydrogen (secondary N) is 2. The maximum Gasteiger partial charge on any atom is 0.315 e. The molecule has 1 aliphatic carbocycles. The van der Waals surface area contributed by atoms with Crippen molar-refractivity contribution in [2.24, 2.45) is 5.92 Å². The molecule has 2 atom stereocenters. The zero-order valence-corrected chi connectivity index (χ0v) is 12.2. The Morgan fingerprint density at radius 2 is 2.11 bits per heavy atom. The normalized spacial score (nSPS) is 23.4. The van der Waals surface area contributed by atoms with Crippen LogP contribution in [0.5, 0.6) is 0 Å². The number of rotatable bonds is 7. The lowest BCUT2D eigenvalue weighted by atomic mass is 9.92. The van der Waals surface area contributed by atoms with Crippen LogP contribution in [0.25, 0.3) is 0 Å². The molecule has 0 radical (unpaired) electrons. The maximum atomic E-state index is 11.6. The summed E-state index contributed by atoms with van der Waals surface area (Å²) in [4.78, 5) is 11.6. The predicted molar refractivity (Wildman–Crippen MR) is 75.1 cm³/mol. The molecule has 1 rings (SSSR count). The van der Waals surface area contributed by atoms with Crippen molar-refractivity contribution in [3.05, 3.63) is 0 Å². The Bertz CT molecular complexity index is 259. The number of amides is 2. The highest BCUT2D eigenvalue weighted by Crippen LogP contribution is 2.21. The van der Waals surface area contributed by atoms with Crippen LogP contribution in [0.1, 0.15) is 46.0 Å². The molecular formula is C14H28N2O3. The molecule has 0 spiro atoms. The van der Waals surface area contributed by atoms with Gasteiger partial charge in [-0.3, -0.25) is 0 Å². The molecule has 1 fully saturated rings. The summed E-state index contributed by atoms with van der Waals surface area (Å²) in [6.45, 7) is 5.38. The average Bonchev–Trinajstić information content (AvgIpc) is 2.38. The first-order valence-electron chi connectivity index (χ1n) is 7.40. The monoisotopic (exact) mass is 272 g/mol. The van der Waals surface area contributed by atoms with Crippen molar-refractivity contribution in [3.8, 4) is 0 Å². The Balaban J connectivity index is 2.32. The number of hydrogen-bond acceptors (Lipinski definition) is 3. The van der Waals surface area contributed by atoms with E-state index in [1.165, 1.54) is 6.42 Å². The number of ether oxygens (including phenoxy) is 1.